The Hall–Kier alpha value is -4.21. The molecular weight excluding hydrogens is 438 g/mol. The number of rotatable bonds is 6. The summed E-state index contributed by atoms with van der Waals surface area (Å²) in [7, 11) is 0. The number of carbonyl (C=O) groups excluding carboxylic acids is 2. The molecule has 0 amide bonds. The summed E-state index contributed by atoms with van der Waals surface area (Å²) in [4.78, 5) is 33.7. The number of Topliss-reactive ketones (excluding diaryl/α,β-unsaturated/α-hetero) is 1. The van der Waals surface area contributed by atoms with Crippen LogP contribution in [0.25, 0.3) is 5.78 Å². The van der Waals surface area contributed by atoms with Crippen molar-refractivity contribution < 1.29 is 23.8 Å². The summed E-state index contributed by atoms with van der Waals surface area (Å²) in [5.41, 5.74) is 4.79. The lowest BCUT2D eigenvalue weighted by Crippen LogP contribution is -2.16. The van der Waals surface area contributed by atoms with Gasteiger partial charge in [-0.1, -0.05) is 6.07 Å². The van der Waals surface area contributed by atoms with Crippen molar-refractivity contribution in [2.24, 2.45) is 0 Å². The van der Waals surface area contributed by atoms with Crippen molar-refractivity contribution in [2.75, 3.05) is 13.4 Å². The number of fused-ring (bicyclic) bond motifs is 2. The number of aromatic nitrogens is 5. The molecule has 1 aliphatic rings. The second kappa shape index (κ2) is 8.29. The molecule has 0 N–H and O–H groups in total. The minimum atomic E-state index is -0.773. The lowest BCUT2D eigenvalue weighted by Gasteiger charge is -2.10. The number of carbonyl (C=O) groups is 2. The molecule has 10 nitrogen and oxygen atoms in total. The molecule has 3 aromatic heterocycles. The number of esters is 1. The third-order valence-electron chi connectivity index (χ3n) is 5.79. The highest BCUT2D eigenvalue weighted by molar-refractivity contribution is 6.00. The molecule has 0 spiro atoms. The minimum Gasteiger partial charge on any atom is -0.454 e. The molecule has 4 heterocycles. The van der Waals surface area contributed by atoms with Crippen molar-refractivity contribution >= 4 is 17.5 Å². The first-order valence-electron chi connectivity index (χ1n) is 10.8. The van der Waals surface area contributed by atoms with E-state index in [-0.39, 0.29) is 18.4 Å². The van der Waals surface area contributed by atoms with Crippen LogP contribution >= 0.6 is 0 Å². The SMILES string of the molecule is Cc1cc(C)n2nc(C(=O)OCC(=O)c3cc(C)n(Cc4ccc5c(c4)OCO5)c3C)nc2n1. The second-order valence-electron chi connectivity index (χ2n) is 8.24. The lowest BCUT2D eigenvalue weighted by atomic mass is 10.1. The number of hydrogen-bond acceptors (Lipinski definition) is 8. The van der Waals surface area contributed by atoms with Gasteiger partial charge >= 0.3 is 5.97 Å². The summed E-state index contributed by atoms with van der Waals surface area (Å²) < 4.78 is 19.5. The fourth-order valence-corrected chi connectivity index (χ4v) is 4.07. The van der Waals surface area contributed by atoms with E-state index < -0.39 is 12.6 Å². The molecule has 0 saturated carbocycles. The molecule has 5 rings (SSSR count). The van der Waals surface area contributed by atoms with Crippen LogP contribution in [0.2, 0.25) is 0 Å². The van der Waals surface area contributed by atoms with Gasteiger partial charge in [-0.2, -0.15) is 4.98 Å². The highest BCUT2D eigenvalue weighted by atomic mass is 16.7. The van der Waals surface area contributed by atoms with Gasteiger partial charge in [-0.25, -0.2) is 14.3 Å². The zero-order chi connectivity index (χ0) is 24.0. The van der Waals surface area contributed by atoms with Gasteiger partial charge in [-0.05, 0) is 57.5 Å². The van der Waals surface area contributed by atoms with Crippen LogP contribution in [0.15, 0.2) is 30.3 Å². The van der Waals surface area contributed by atoms with Gasteiger partial charge in [0.15, 0.2) is 18.1 Å². The number of nitrogens with zero attached hydrogens (tertiary/aromatic N) is 5. The Kier molecular flexibility index (Phi) is 5.27. The van der Waals surface area contributed by atoms with Crippen molar-refractivity contribution in [1.82, 2.24) is 24.1 Å². The molecular formula is C24H23N5O5. The summed E-state index contributed by atoms with van der Waals surface area (Å²) in [6, 6.07) is 9.42. The fourth-order valence-electron chi connectivity index (χ4n) is 4.07. The van der Waals surface area contributed by atoms with Gasteiger partial charge in [0.25, 0.3) is 11.6 Å². The van der Waals surface area contributed by atoms with Crippen LogP contribution in [0, 0.1) is 27.7 Å². The normalized spacial score (nSPS) is 12.4. The van der Waals surface area contributed by atoms with Crippen molar-refractivity contribution in [1.29, 1.82) is 0 Å². The standard InChI is InChI=1S/C24H23N5O5/c1-13-7-15(3)29-24(25-13)26-22(27-29)23(31)32-11-19(30)18-8-14(2)28(16(18)4)10-17-5-6-20-21(9-17)34-12-33-20/h5-9H,10-12H2,1-4H3. The van der Waals surface area contributed by atoms with E-state index in [1.54, 1.807) is 6.07 Å². The van der Waals surface area contributed by atoms with Crippen LogP contribution in [0.3, 0.4) is 0 Å². The Labute approximate surface area is 195 Å². The highest BCUT2D eigenvalue weighted by Crippen LogP contribution is 2.33. The Balaban J connectivity index is 1.29. The molecule has 0 fully saturated rings. The summed E-state index contributed by atoms with van der Waals surface area (Å²) in [6.45, 7) is 7.86. The Morgan fingerprint density at radius 1 is 1.00 bits per heavy atom. The highest BCUT2D eigenvalue weighted by Gasteiger charge is 2.21. The molecule has 0 saturated heterocycles. The molecule has 4 aromatic rings. The van der Waals surface area contributed by atoms with Crippen LogP contribution in [0.4, 0.5) is 0 Å². The predicted molar refractivity (Wildman–Crippen MR) is 120 cm³/mol. The minimum absolute atomic E-state index is 0.137. The topological polar surface area (TPSA) is 110 Å². The van der Waals surface area contributed by atoms with E-state index in [0.717, 1.165) is 34.1 Å². The summed E-state index contributed by atoms with van der Waals surface area (Å²) in [5, 5.41) is 4.15. The molecule has 0 radical (unpaired) electrons. The number of benzene rings is 1. The summed E-state index contributed by atoms with van der Waals surface area (Å²) in [5.74, 6) is 0.537. The molecule has 1 aliphatic heterocycles. The number of aryl methyl sites for hydroxylation is 3. The first kappa shape index (κ1) is 21.6. The molecule has 0 bridgehead atoms. The summed E-state index contributed by atoms with van der Waals surface area (Å²) in [6.07, 6.45) is 0. The monoisotopic (exact) mass is 461 g/mol. The van der Waals surface area contributed by atoms with Gasteiger partial charge in [0, 0.05) is 34.9 Å². The maximum absolute atomic E-state index is 12.9. The van der Waals surface area contributed by atoms with Gasteiger partial charge in [0.05, 0.1) is 0 Å². The van der Waals surface area contributed by atoms with Crippen molar-refractivity contribution in [3.63, 3.8) is 0 Å². The zero-order valence-corrected chi connectivity index (χ0v) is 19.3. The van der Waals surface area contributed by atoms with Crippen molar-refractivity contribution in [3.05, 3.63) is 70.1 Å². The first-order valence-corrected chi connectivity index (χ1v) is 10.8. The maximum atomic E-state index is 12.9. The van der Waals surface area contributed by atoms with Crippen LogP contribution in [0.1, 0.15) is 49.3 Å². The van der Waals surface area contributed by atoms with Gasteiger partial charge in [0.2, 0.25) is 12.6 Å². The Morgan fingerprint density at radius 3 is 2.62 bits per heavy atom. The second-order valence-corrected chi connectivity index (χ2v) is 8.24. The largest absolute Gasteiger partial charge is 0.454 e. The maximum Gasteiger partial charge on any atom is 0.378 e. The number of ether oxygens (including phenoxy) is 3. The van der Waals surface area contributed by atoms with E-state index in [2.05, 4.69) is 15.1 Å². The lowest BCUT2D eigenvalue weighted by molar-refractivity contribution is 0.0462. The van der Waals surface area contributed by atoms with Gasteiger partial charge in [-0.15, -0.1) is 5.10 Å². The third-order valence-corrected chi connectivity index (χ3v) is 5.79. The number of ketones is 1. The van der Waals surface area contributed by atoms with Crippen LogP contribution in [-0.2, 0) is 11.3 Å². The average molecular weight is 461 g/mol. The van der Waals surface area contributed by atoms with Crippen molar-refractivity contribution in [3.8, 4) is 11.5 Å². The van der Waals surface area contributed by atoms with E-state index in [9.17, 15) is 9.59 Å². The zero-order valence-electron chi connectivity index (χ0n) is 19.3. The summed E-state index contributed by atoms with van der Waals surface area (Å²) >= 11 is 0. The van der Waals surface area contributed by atoms with Crippen LogP contribution < -0.4 is 9.47 Å². The van der Waals surface area contributed by atoms with Crippen molar-refractivity contribution in [2.45, 2.75) is 34.2 Å². The van der Waals surface area contributed by atoms with E-state index in [1.807, 2.05) is 56.5 Å². The third kappa shape index (κ3) is 3.87. The molecule has 10 heteroatoms. The smallest absolute Gasteiger partial charge is 0.378 e. The Morgan fingerprint density at radius 2 is 1.79 bits per heavy atom. The van der Waals surface area contributed by atoms with Crippen LogP contribution in [-0.4, -0.2) is 49.3 Å². The molecule has 174 valence electrons. The molecule has 0 unspecified atom stereocenters. The number of hydrogen-bond donors (Lipinski definition) is 0. The van der Waals surface area contributed by atoms with E-state index in [4.69, 9.17) is 14.2 Å². The molecule has 1 aromatic carbocycles. The van der Waals surface area contributed by atoms with Gasteiger partial charge in [-0.3, -0.25) is 4.79 Å². The van der Waals surface area contributed by atoms with E-state index in [0.29, 0.717) is 23.6 Å². The molecule has 0 aliphatic carbocycles. The van der Waals surface area contributed by atoms with Crippen LogP contribution in [0.5, 0.6) is 11.5 Å². The predicted octanol–water partition coefficient (Wildman–Crippen LogP) is 2.98. The fraction of sp³-hybridized carbons (Fsp3) is 0.292. The van der Waals surface area contributed by atoms with E-state index >= 15 is 0 Å². The Bertz CT molecular complexity index is 1450. The quantitative estimate of drug-likeness (QED) is 0.318. The molecule has 34 heavy (non-hydrogen) atoms. The first-order chi connectivity index (χ1) is 16.3. The van der Waals surface area contributed by atoms with E-state index in [1.165, 1.54) is 4.52 Å². The molecule has 0 atom stereocenters. The average Bonchev–Trinajstić information content (AvgIpc) is 3.51. The van der Waals surface area contributed by atoms with Gasteiger partial charge in [0.1, 0.15) is 0 Å². The van der Waals surface area contributed by atoms with Gasteiger partial charge < -0.3 is 18.8 Å².